The first-order valence-electron chi connectivity index (χ1n) is 6.49. The molecule has 1 aromatic carbocycles. The highest BCUT2D eigenvalue weighted by Crippen LogP contribution is 2.35. The van der Waals surface area contributed by atoms with Crippen molar-refractivity contribution in [1.82, 2.24) is 0 Å². The zero-order valence-corrected chi connectivity index (χ0v) is 12.0. The summed E-state index contributed by atoms with van der Waals surface area (Å²) in [6.07, 6.45) is -4.07. The molecule has 0 saturated carbocycles. The molecule has 0 aliphatic carbocycles. The molecule has 1 atom stereocenters. The Labute approximate surface area is 129 Å². The van der Waals surface area contributed by atoms with Gasteiger partial charge in [-0.25, -0.2) is 4.79 Å². The maximum Gasteiger partial charge on any atom is 0.428 e. The van der Waals surface area contributed by atoms with Crippen molar-refractivity contribution >= 4 is 17.7 Å². The fourth-order valence-electron chi connectivity index (χ4n) is 1.64. The first-order chi connectivity index (χ1) is 10.6. The maximum absolute atomic E-state index is 12.9. The Kier molecular flexibility index (Phi) is 5.85. The summed E-state index contributed by atoms with van der Waals surface area (Å²) in [6.45, 7) is 1.02. The van der Waals surface area contributed by atoms with Gasteiger partial charge in [0, 0.05) is 18.6 Å². The van der Waals surface area contributed by atoms with Crippen LogP contribution in [0.3, 0.4) is 0 Å². The Bertz CT molecular complexity index is 597. The van der Waals surface area contributed by atoms with Crippen molar-refractivity contribution in [3.63, 3.8) is 0 Å². The molecule has 0 saturated heterocycles. The average Bonchev–Trinajstić information content (AvgIpc) is 2.46. The summed E-state index contributed by atoms with van der Waals surface area (Å²) < 4.78 is 42.9. The minimum absolute atomic E-state index is 0.166. The van der Waals surface area contributed by atoms with Crippen molar-refractivity contribution in [2.75, 3.05) is 6.61 Å². The average molecular weight is 333 g/mol. The number of non-ortho nitro benzene ring substituents is 1. The Morgan fingerprint density at radius 2 is 1.91 bits per heavy atom. The molecule has 0 amide bonds. The lowest BCUT2D eigenvalue weighted by Gasteiger charge is -2.26. The lowest BCUT2D eigenvalue weighted by Crippen LogP contribution is -2.52. The van der Waals surface area contributed by atoms with E-state index >= 15 is 0 Å². The van der Waals surface area contributed by atoms with Crippen LogP contribution in [0, 0.1) is 10.1 Å². The molecule has 0 heterocycles. The quantitative estimate of drug-likeness (QED) is 0.491. The summed E-state index contributed by atoms with van der Waals surface area (Å²) in [5.41, 5.74) is -3.43. The van der Waals surface area contributed by atoms with E-state index in [2.05, 4.69) is 4.74 Å². The fraction of sp³-hybridized carbons (Fsp3) is 0.357. The number of benzene rings is 1. The third-order valence-corrected chi connectivity index (χ3v) is 2.91. The normalized spacial score (nSPS) is 14.5. The van der Waals surface area contributed by atoms with Crippen LogP contribution in [0.15, 0.2) is 30.3 Å². The van der Waals surface area contributed by atoms with Gasteiger partial charge in [0.15, 0.2) is 0 Å². The second kappa shape index (κ2) is 7.23. The number of nitro benzene ring substituents is 1. The number of halogens is 3. The largest absolute Gasteiger partial charge is 0.464 e. The Balaban J connectivity index is 2.89. The number of hydrogen-bond acceptors (Lipinski definition) is 5. The van der Waals surface area contributed by atoms with Gasteiger partial charge >= 0.3 is 12.1 Å². The topological polar surface area (TPSA) is 89.7 Å². The molecule has 0 aliphatic rings. The van der Waals surface area contributed by atoms with Gasteiger partial charge < -0.3 is 9.84 Å². The number of aliphatic hydroxyl groups is 1. The molecule has 0 spiro atoms. The van der Waals surface area contributed by atoms with Crippen LogP contribution in [-0.2, 0) is 9.53 Å². The van der Waals surface area contributed by atoms with Crippen LogP contribution < -0.4 is 0 Å². The van der Waals surface area contributed by atoms with E-state index in [1.54, 1.807) is 0 Å². The number of nitrogens with zero attached hydrogens (tertiary/aromatic N) is 1. The number of esters is 1. The van der Waals surface area contributed by atoms with Gasteiger partial charge in [0.05, 0.1) is 11.5 Å². The Hall–Kier alpha value is -2.42. The monoisotopic (exact) mass is 333 g/mol. The predicted molar refractivity (Wildman–Crippen MR) is 74.4 cm³/mol. The summed E-state index contributed by atoms with van der Waals surface area (Å²) in [5, 5.41) is 20.1. The van der Waals surface area contributed by atoms with Gasteiger partial charge in [0.2, 0.25) is 0 Å². The van der Waals surface area contributed by atoms with E-state index in [-0.39, 0.29) is 12.3 Å². The van der Waals surface area contributed by atoms with E-state index < -0.39 is 29.1 Å². The third kappa shape index (κ3) is 4.52. The summed E-state index contributed by atoms with van der Waals surface area (Å²) in [7, 11) is 0. The Morgan fingerprint density at radius 3 is 2.35 bits per heavy atom. The SMILES string of the molecule is CCOC(=O)C(O)(CC=Cc1ccc([N+](=O)[O-])cc1)C(F)(F)F. The zero-order valence-electron chi connectivity index (χ0n) is 12.0. The van der Waals surface area contributed by atoms with Crippen LogP contribution in [0.1, 0.15) is 18.9 Å². The molecule has 9 heteroatoms. The van der Waals surface area contributed by atoms with E-state index in [4.69, 9.17) is 0 Å². The second-order valence-corrected chi connectivity index (χ2v) is 4.53. The molecule has 1 rings (SSSR count). The molecule has 0 radical (unpaired) electrons. The predicted octanol–water partition coefficient (Wildman–Crippen LogP) is 2.85. The maximum atomic E-state index is 12.9. The molecule has 6 nitrogen and oxygen atoms in total. The van der Waals surface area contributed by atoms with Crippen molar-refractivity contribution in [3.8, 4) is 0 Å². The molecule has 1 N–H and O–H groups in total. The van der Waals surface area contributed by atoms with E-state index in [0.717, 1.165) is 6.08 Å². The van der Waals surface area contributed by atoms with E-state index in [0.29, 0.717) is 5.56 Å². The van der Waals surface area contributed by atoms with Crippen LogP contribution in [0.25, 0.3) is 6.08 Å². The van der Waals surface area contributed by atoms with Gasteiger partial charge in [-0.2, -0.15) is 13.2 Å². The lowest BCUT2D eigenvalue weighted by atomic mass is 9.98. The van der Waals surface area contributed by atoms with Crippen LogP contribution in [0.5, 0.6) is 0 Å². The fourth-order valence-corrected chi connectivity index (χ4v) is 1.64. The lowest BCUT2D eigenvalue weighted by molar-refractivity contribution is -0.384. The van der Waals surface area contributed by atoms with Crippen molar-refractivity contribution in [2.24, 2.45) is 0 Å². The van der Waals surface area contributed by atoms with E-state index in [1.807, 2.05) is 0 Å². The highest BCUT2D eigenvalue weighted by Gasteiger charge is 2.59. The number of hydrogen-bond donors (Lipinski definition) is 1. The molecule has 23 heavy (non-hydrogen) atoms. The van der Waals surface area contributed by atoms with Crippen LogP contribution in [-0.4, -0.2) is 34.4 Å². The minimum atomic E-state index is -5.20. The summed E-state index contributed by atoms with van der Waals surface area (Å²) in [6, 6.07) is 5.01. The van der Waals surface area contributed by atoms with Gasteiger partial charge in [0.25, 0.3) is 11.3 Å². The number of carbonyl (C=O) groups excluding carboxylic acids is 1. The molecular formula is C14H14F3NO5. The van der Waals surface area contributed by atoms with Crippen molar-refractivity contribution in [2.45, 2.75) is 25.1 Å². The summed E-state index contributed by atoms with van der Waals surface area (Å²) in [4.78, 5) is 21.2. The van der Waals surface area contributed by atoms with Gasteiger partial charge in [0.1, 0.15) is 0 Å². The molecular weight excluding hydrogens is 319 g/mol. The number of ether oxygens (including phenoxy) is 1. The minimum Gasteiger partial charge on any atom is -0.464 e. The van der Waals surface area contributed by atoms with Crippen LogP contribution >= 0.6 is 0 Å². The van der Waals surface area contributed by atoms with Gasteiger partial charge in [-0.3, -0.25) is 10.1 Å². The first kappa shape index (κ1) is 18.6. The molecule has 1 unspecified atom stereocenters. The van der Waals surface area contributed by atoms with Crippen molar-refractivity contribution in [3.05, 3.63) is 46.0 Å². The highest BCUT2D eigenvalue weighted by molar-refractivity contribution is 5.80. The molecule has 126 valence electrons. The van der Waals surface area contributed by atoms with Crippen molar-refractivity contribution < 1.29 is 32.7 Å². The van der Waals surface area contributed by atoms with Crippen LogP contribution in [0.2, 0.25) is 0 Å². The van der Waals surface area contributed by atoms with E-state index in [9.17, 15) is 33.2 Å². The smallest absolute Gasteiger partial charge is 0.428 e. The van der Waals surface area contributed by atoms with Gasteiger partial charge in [-0.05, 0) is 24.6 Å². The number of carbonyl (C=O) groups is 1. The zero-order chi connectivity index (χ0) is 17.7. The summed E-state index contributed by atoms with van der Waals surface area (Å²) in [5.74, 6) is -1.78. The molecule has 0 fully saturated rings. The second-order valence-electron chi connectivity index (χ2n) is 4.53. The Morgan fingerprint density at radius 1 is 1.35 bits per heavy atom. The number of nitro groups is 1. The van der Waals surface area contributed by atoms with Gasteiger partial charge in [-0.1, -0.05) is 12.2 Å². The number of alkyl halides is 3. The summed E-state index contributed by atoms with van der Waals surface area (Å²) >= 11 is 0. The van der Waals surface area contributed by atoms with Crippen molar-refractivity contribution in [1.29, 1.82) is 0 Å². The van der Waals surface area contributed by atoms with Gasteiger partial charge in [-0.15, -0.1) is 0 Å². The van der Waals surface area contributed by atoms with Crippen LogP contribution in [0.4, 0.5) is 18.9 Å². The number of rotatable bonds is 6. The van der Waals surface area contributed by atoms with E-state index in [1.165, 1.54) is 37.3 Å². The molecule has 0 bridgehead atoms. The molecule has 0 aliphatic heterocycles. The first-order valence-corrected chi connectivity index (χ1v) is 6.49. The molecule has 0 aromatic heterocycles. The highest BCUT2D eigenvalue weighted by atomic mass is 19.4. The standard InChI is InChI=1S/C14H14F3NO5/c1-2-23-12(19)13(20,14(15,16)17)9-3-4-10-5-7-11(8-6-10)18(21)22/h3-8,20H,2,9H2,1H3. The third-order valence-electron chi connectivity index (χ3n) is 2.91. The molecule has 1 aromatic rings.